The van der Waals surface area contributed by atoms with E-state index in [9.17, 15) is 25.6 Å². The molecular formula is C19H14Br2F2N2O5S2. The molecule has 0 spiro atoms. The van der Waals surface area contributed by atoms with Crippen molar-refractivity contribution in [2.24, 2.45) is 0 Å². The number of nitrogens with one attached hydrogen (secondary N) is 2. The van der Waals surface area contributed by atoms with Gasteiger partial charge in [-0.2, -0.15) is 0 Å². The van der Waals surface area contributed by atoms with E-state index in [2.05, 4.69) is 41.3 Å². The zero-order valence-electron chi connectivity index (χ0n) is 16.1. The molecule has 0 saturated carbocycles. The first-order valence-electron chi connectivity index (χ1n) is 8.58. The van der Waals surface area contributed by atoms with Crippen LogP contribution in [-0.2, 0) is 20.0 Å². The highest BCUT2D eigenvalue weighted by Crippen LogP contribution is 2.33. The molecule has 0 amide bonds. The van der Waals surface area contributed by atoms with Crippen LogP contribution in [-0.4, -0.2) is 23.9 Å². The number of ether oxygens (including phenoxy) is 1. The van der Waals surface area contributed by atoms with Crippen LogP contribution in [0.5, 0.6) is 5.75 Å². The van der Waals surface area contributed by atoms with Crippen LogP contribution in [0.1, 0.15) is 0 Å². The van der Waals surface area contributed by atoms with Crippen molar-refractivity contribution in [1.82, 2.24) is 0 Å². The molecule has 0 aliphatic rings. The lowest BCUT2D eigenvalue weighted by molar-refractivity contribution is 0.402. The molecule has 0 aromatic heterocycles. The Hall–Kier alpha value is -2.22. The Kier molecular flexibility index (Phi) is 7.12. The first kappa shape index (κ1) is 24.4. The highest BCUT2D eigenvalue weighted by molar-refractivity contribution is 9.11. The van der Waals surface area contributed by atoms with E-state index in [0.29, 0.717) is 0 Å². The van der Waals surface area contributed by atoms with Gasteiger partial charge in [-0.3, -0.25) is 9.44 Å². The van der Waals surface area contributed by atoms with E-state index in [1.807, 2.05) is 0 Å². The number of methoxy groups -OCH3 is 1. The molecule has 0 aliphatic heterocycles. The quantitative estimate of drug-likeness (QED) is 0.387. The van der Waals surface area contributed by atoms with Crippen LogP contribution in [0.3, 0.4) is 0 Å². The molecule has 3 rings (SSSR count). The molecule has 3 aromatic rings. The molecule has 0 atom stereocenters. The van der Waals surface area contributed by atoms with E-state index >= 15 is 0 Å². The first-order valence-corrected chi connectivity index (χ1v) is 13.1. The van der Waals surface area contributed by atoms with Gasteiger partial charge in [-0.05, 0) is 74.3 Å². The molecule has 0 unspecified atom stereocenters. The predicted octanol–water partition coefficient (Wildman–Crippen LogP) is 5.10. The second-order valence-corrected chi connectivity index (χ2v) is 11.1. The van der Waals surface area contributed by atoms with Crippen molar-refractivity contribution in [1.29, 1.82) is 0 Å². The molecule has 170 valence electrons. The predicted molar refractivity (Wildman–Crippen MR) is 123 cm³/mol. The van der Waals surface area contributed by atoms with Gasteiger partial charge in [0.1, 0.15) is 22.3 Å². The van der Waals surface area contributed by atoms with E-state index in [-0.39, 0.29) is 26.1 Å². The van der Waals surface area contributed by atoms with Crippen molar-refractivity contribution in [3.8, 4) is 5.75 Å². The van der Waals surface area contributed by atoms with Gasteiger partial charge in [0.25, 0.3) is 20.0 Å². The van der Waals surface area contributed by atoms with Crippen molar-refractivity contribution in [3.63, 3.8) is 0 Å². The monoisotopic (exact) mass is 610 g/mol. The number of sulfonamides is 2. The largest absolute Gasteiger partial charge is 0.495 e. The summed E-state index contributed by atoms with van der Waals surface area (Å²) in [5.74, 6) is -1.53. The molecule has 3 aromatic carbocycles. The van der Waals surface area contributed by atoms with Crippen molar-refractivity contribution < 1.29 is 30.4 Å². The summed E-state index contributed by atoms with van der Waals surface area (Å²) in [6.07, 6.45) is 0. The standard InChI is InChI=1S/C19H14Br2F2N2O5S2/c1-30-16-9-8-11(31(26,27)24-14-6-2-4-12(22)18(14)20)10-17(16)32(28,29)25-15-7-3-5-13(23)19(15)21/h2-10,24-25H,1H3. The maximum atomic E-state index is 13.8. The maximum absolute atomic E-state index is 13.8. The minimum Gasteiger partial charge on any atom is -0.495 e. The van der Waals surface area contributed by atoms with Gasteiger partial charge in [0, 0.05) is 0 Å². The third kappa shape index (κ3) is 5.05. The van der Waals surface area contributed by atoms with Gasteiger partial charge in [0.15, 0.2) is 0 Å². The number of halogens is 4. The molecule has 0 bridgehead atoms. The Morgan fingerprint density at radius 2 is 1.28 bits per heavy atom. The molecule has 0 heterocycles. The van der Waals surface area contributed by atoms with Crippen molar-refractivity contribution in [2.75, 3.05) is 16.6 Å². The van der Waals surface area contributed by atoms with Gasteiger partial charge in [-0.15, -0.1) is 0 Å². The average Bonchev–Trinajstić information content (AvgIpc) is 2.74. The summed E-state index contributed by atoms with van der Waals surface area (Å²) in [5.41, 5.74) is -0.172. The lowest BCUT2D eigenvalue weighted by atomic mass is 10.3. The molecule has 0 fully saturated rings. The third-order valence-corrected chi connectivity index (χ3v) is 8.49. The summed E-state index contributed by atoms with van der Waals surface area (Å²) in [7, 11) is -7.50. The van der Waals surface area contributed by atoms with Gasteiger partial charge in [-0.25, -0.2) is 25.6 Å². The Morgan fingerprint density at radius 1 is 0.781 bits per heavy atom. The summed E-state index contributed by atoms with van der Waals surface area (Å²) in [5, 5.41) is 0. The highest BCUT2D eigenvalue weighted by atomic mass is 79.9. The molecule has 13 heteroatoms. The lowest BCUT2D eigenvalue weighted by Crippen LogP contribution is -2.17. The Labute approximate surface area is 200 Å². The fourth-order valence-electron chi connectivity index (χ4n) is 2.60. The van der Waals surface area contributed by atoms with Crippen LogP contribution in [0.15, 0.2) is 73.3 Å². The zero-order valence-corrected chi connectivity index (χ0v) is 20.9. The van der Waals surface area contributed by atoms with E-state index in [1.165, 1.54) is 31.4 Å². The molecule has 32 heavy (non-hydrogen) atoms. The topological polar surface area (TPSA) is 102 Å². The van der Waals surface area contributed by atoms with Crippen molar-refractivity contribution in [3.05, 3.63) is 75.2 Å². The molecule has 0 aliphatic carbocycles. The third-order valence-electron chi connectivity index (χ3n) is 4.13. The summed E-state index contributed by atoms with van der Waals surface area (Å²) < 4.78 is 88.3. The van der Waals surface area contributed by atoms with Crippen molar-refractivity contribution in [2.45, 2.75) is 9.79 Å². The maximum Gasteiger partial charge on any atom is 0.265 e. The Balaban J connectivity index is 2.04. The Bertz CT molecular complexity index is 1400. The van der Waals surface area contributed by atoms with Gasteiger partial charge >= 0.3 is 0 Å². The smallest absolute Gasteiger partial charge is 0.265 e. The van der Waals surface area contributed by atoms with E-state index in [0.717, 1.165) is 30.3 Å². The van der Waals surface area contributed by atoms with Gasteiger partial charge in [0.05, 0.1) is 32.3 Å². The normalized spacial score (nSPS) is 11.8. The van der Waals surface area contributed by atoms with Crippen LogP contribution in [0.25, 0.3) is 0 Å². The van der Waals surface area contributed by atoms with E-state index < -0.39 is 41.5 Å². The molecule has 7 nitrogen and oxygen atoms in total. The summed E-state index contributed by atoms with van der Waals surface area (Å²) in [6.45, 7) is 0. The van der Waals surface area contributed by atoms with Crippen LogP contribution in [0.4, 0.5) is 20.2 Å². The fourth-order valence-corrected chi connectivity index (χ4v) is 6.03. The second-order valence-electron chi connectivity index (χ2n) is 6.23. The van der Waals surface area contributed by atoms with Gasteiger partial charge < -0.3 is 4.74 Å². The van der Waals surface area contributed by atoms with Crippen LogP contribution >= 0.6 is 31.9 Å². The van der Waals surface area contributed by atoms with Crippen LogP contribution < -0.4 is 14.2 Å². The summed E-state index contributed by atoms with van der Waals surface area (Å²) in [4.78, 5) is -0.925. The second kappa shape index (κ2) is 9.33. The lowest BCUT2D eigenvalue weighted by Gasteiger charge is -2.15. The van der Waals surface area contributed by atoms with E-state index in [1.54, 1.807) is 0 Å². The zero-order chi connectivity index (χ0) is 23.7. The number of anilines is 2. The molecular weight excluding hydrogens is 598 g/mol. The number of rotatable bonds is 7. The number of benzene rings is 3. The SMILES string of the molecule is COc1ccc(S(=O)(=O)Nc2cccc(F)c2Br)cc1S(=O)(=O)Nc1cccc(F)c1Br. The molecule has 0 saturated heterocycles. The minimum absolute atomic E-state index is 0.0768. The average molecular weight is 612 g/mol. The first-order chi connectivity index (χ1) is 15.0. The van der Waals surface area contributed by atoms with Gasteiger partial charge in [0.2, 0.25) is 0 Å². The molecule has 0 radical (unpaired) electrons. The molecule has 2 N–H and O–H groups in total. The van der Waals surface area contributed by atoms with Crippen molar-refractivity contribution >= 4 is 63.3 Å². The van der Waals surface area contributed by atoms with Crippen LogP contribution in [0.2, 0.25) is 0 Å². The van der Waals surface area contributed by atoms with Crippen LogP contribution in [0, 0.1) is 11.6 Å². The minimum atomic E-state index is -4.40. The number of hydrogen-bond acceptors (Lipinski definition) is 5. The van der Waals surface area contributed by atoms with Gasteiger partial charge in [-0.1, -0.05) is 12.1 Å². The number of hydrogen-bond donors (Lipinski definition) is 2. The highest BCUT2D eigenvalue weighted by Gasteiger charge is 2.26. The summed E-state index contributed by atoms with van der Waals surface area (Å²) >= 11 is 5.92. The Morgan fingerprint density at radius 3 is 1.78 bits per heavy atom. The van der Waals surface area contributed by atoms with E-state index in [4.69, 9.17) is 4.74 Å². The summed E-state index contributed by atoms with van der Waals surface area (Å²) in [6, 6.07) is 10.7. The fraction of sp³-hybridized carbons (Fsp3) is 0.0526.